The zero-order valence-corrected chi connectivity index (χ0v) is 15.5. The third-order valence-corrected chi connectivity index (χ3v) is 5.55. The van der Waals surface area contributed by atoms with Crippen molar-refractivity contribution in [2.75, 3.05) is 0 Å². The molecule has 0 atom stereocenters. The Kier molecular flexibility index (Phi) is 6.50. The van der Waals surface area contributed by atoms with Crippen LogP contribution < -0.4 is 5.32 Å². The highest BCUT2D eigenvalue weighted by atomic mass is 32.2. The van der Waals surface area contributed by atoms with E-state index in [2.05, 4.69) is 15.5 Å². The minimum atomic E-state index is 0.0235. The van der Waals surface area contributed by atoms with Crippen LogP contribution in [-0.2, 0) is 5.75 Å². The van der Waals surface area contributed by atoms with E-state index < -0.39 is 0 Å². The fourth-order valence-electron chi connectivity index (χ4n) is 3.18. The van der Waals surface area contributed by atoms with Crippen molar-refractivity contribution in [3.05, 3.63) is 41.5 Å². The first kappa shape index (κ1) is 18.0. The van der Waals surface area contributed by atoms with Crippen LogP contribution >= 0.6 is 11.8 Å². The van der Waals surface area contributed by atoms with Gasteiger partial charge in [0.2, 0.25) is 5.89 Å². The number of thioether (sulfide) groups is 1. The molecule has 0 saturated heterocycles. The van der Waals surface area contributed by atoms with Gasteiger partial charge in [-0.2, -0.15) is 4.98 Å². The normalized spacial score (nSPS) is 16.2. The lowest BCUT2D eigenvalue weighted by Gasteiger charge is -2.21. The summed E-state index contributed by atoms with van der Waals surface area (Å²) >= 11 is 1.55. The monoisotopic (exact) mass is 359 g/mol. The number of benzene rings is 1. The van der Waals surface area contributed by atoms with Crippen molar-refractivity contribution in [1.29, 1.82) is 0 Å². The average molecular weight is 359 g/mol. The molecule has 6 heteroatoms. The maximum absolute atomic E-state index is 12.8. The van der Waals surface area contributed by atoms with Crippen molar-refractivity contribution in [3.63, 3.8) is 0 Å². The van der Waals surface area contributed by atoms with Gasteiger partial charge in [0.1, 0.15) is 0 Å². The van der Waals surface area contributed by atoms with Crippen LogP contribution in [-0.4, -0.2) is 22.1 Å². The molecule has 134 valence electrons. The van der Waals surface area contributed by atoms with Crippen molar-refractivity contribution >= 4 is 17.7 Å². The van der Waals surface area contributed by atoms with Crippen molar-refractivity contribution in [2.45, 2.75) is 68.6 Å². The first-order chi connectivity index (χ1) is 12.2. The second kappa shape index (κ2) is 9.04. The van der Waals surface area contributed by atoms with Gasteiger partial charge in [-0.25, -0.2) is 0 Å². The highest BCUT2D eigenvalue weighted by Gasteiger charge is 2.18. The largest absolute Gasteiger partial charge is 0.349 e. The van der Waals surface area contributed by atoms with Gasteiger partial charge in [0.25, 0.3) is 5.91 Å². The highest BCUT2D eigenvalue weighted by molar-refractivity contribution is 7.98. The minimum Gasteiger partial charge on any atom is -0.349 e. The highest BCUT2D eigenvalue weighted by Crippen LogP contribution is 2.26. The molecule has 0 spiro atoms. The number of nitrogens with one attached hydrogen (secondary N) is 1. The molecule has 1 N–H and O–H groups in total. The minimum absolute atomic E-state index is 0.0235. The third kappa shape index (κ3) is 5.33. The first-order valence-corrected chi connectivity index (χ1v) is 10.0. The van der Waals surface area contributed by atoms with Gasteiger partial charge in [0.05, 0.1) is 11.3 Å². The van der Waals surface area contributed by atoms with Gasteiger partial charge in [0, 0.05) is 10.9 Å². The fraction of sp³-hybridized carbons (Fsp3) is 0.526. The Morgan fingerprint density at radius 2 is 1.92 bits per heavy atom. The van der Waals surface area contributed by atoms with Crippen LogP contribution in [0.3, 0.4) is 0 Å². The van der Waals surface area contributed by atoms with Gasteiger partial charge in [-0.3, -0.25) is 4.79 Å². The smallest absolute Gasteiger partial charge is 0.252 e. The van der Waals surface area contributed by atoms with Crippen molar-refractivity contribution in [3.8, 4) is 0 Å². The van der Waals surface area contributed by atoms with E-state index in [1.165, 1.54) is 32.1 Å². The molecule has 0 radical (unpaired) electrons. The van der Waals surface area contributed by atoms with Crippen molar-refractivity contribution in [1.82, 2.24) is 15.5 Å². The lowest BCUT2D eigenvalue weighted by atomic mass is 9.96. The van der Waals surface area contributed by atoms with Gasteiger partial charge in [-0.05, 0) is 31.9 Å². The van der Waals surface area contributed by atoms with E-state index in [1.807, 2.05) is 24.3 Å². The second-order valence-electron chi connectivity index (χ2n) is 6.54. The summed E-state index contributed by atoms with van der Waals surface area (Å²) in [7, 11) is 0. The van der Waals surface area contributed by atoms with Crippen molar-refractivity contribution in [2.24, 2.45) is 0 Å². The van der Waals surface area contributed by atoms with E-state index in [9.17, 15) is 4.79 Å². The summed E-state index contributed by atoms with van der Waals surface area (Å²) in [5, 5.41) is 7.04. The molecular weight excluding hydrogens is 334 g/mol. The zero-order valence-electron chi connectivity index (χ0n) is 14.7. The molecule has 0 aliphatic heterocycles. The number of aryl methyl sites for hydroxylation is 1. The summed E-state index contributed by atoms with van der Waals surface area (Å²) in [6.07, 6.45) is 8.47. The van der Waals surface area contributed by atoms with Crippen LogP contribution in [0.5, 0.6) is 0 Å². The molecule has 5 nitrogen and oxygen atoms in total. The van der Waals surface area contributed by atoms with Crippen LogP contribution in [0.15, 0.2) is 33.7 Å². The van der Waals surface area contributed by atoms with Gasteiger partial charge in [-0.1, -0.05) is 49.4 Å². The Hall–Kier alpha value is -1.82. The number of carbonyl (C=O) groups excluding carboxylic acids is 1. The van der Waals surface area contributed by atoms with Crippen LogP contribution in [0, 0.1) is 6.92 Å². The Morgan fingerprint density at radius 1 is 1.20 bits per heavy atom. The maximum atomic E-state index is 12.8. The van der Waals surface area contributed by atoms with Gasteiger partial charge in [-0.15, -0.1) is 11.8 Å². The molecule has 1 heterocycles. The van der Waals surface area contributed by atoms with Crippen LogP contribution in [0.2, 0.25) is 0 Å². The number of hydrogen-bond acceptors (Lipinski definition) is 5. The zero-order chi connectivity index (χ0) is 17.5. The quantitative estimate of drug-likeness (QED) is 0.795. The van der Waals surface area contributed by atoms with Crippen LogP contribution in [0.25, 0.3) is 0 Å². The summed E-state index contributed by atoms with van der Waals surface area (Å²) < 4.78 is 5.15. The molecule has 1 fully saturated rings. The molecule has 0 bridgehead atoms. The topological polar surface area (TPSA) is 68.0 Å². The number of hydrogen-bond donors (Lipinski definition) is 1. The predicted octanol–water partition coefficient (Wildman–Crippen LogP) is 4.51. The first-order valence-electron chi connectivity index (χ1n) is 9.04. The maximum Gasteiger partial charge on any atom is 0.252 e. The van der Waals surface area contributed by atoms with Gasteiger partial charge < -0.3 is 9.84 Å². The predicted molar refractivity (Wildman–Crippen MR) is 98.6 cm³/mol. The lowest BCUT2D eigenvalue weighted by Crippen LogP contribution is -2.35. The van der Waals surface area contributed by atoms with E-state index >= 15 is 0 Å². The Balaban J connectivity index is 1.63. The van der Waals surface area contributed by atoms with Gasteiger partial charge in [0.15, 0.2) is 5.82 Å². The van der Waals surface area contributed by atoms with E-state index in [4.69, 9.17) is 4.52 Å². The molecule has 1 amide bonds. The number of nitrogens with zero attached hydrogens (tertiary/aromatic N) is 2. The number of carbonyl (C=O) groups is 1. The summed E-state index contributed by atoms with van der Waals surface area (Å²) in [5.41, 5.74) is 0.728. The SMILES string of the molecule is Cc1noc(CSc2ccccc2C(=O)NC2CCCCCCC2)n1. The van der Waals surface area contributed by atoms with E-state index in [0.717, 1.165) is 23.3 Å². The molecular formula is C19H25N3O2S. The molecule has 25 heavy (non-hydrogen) atoms. The molecule has 0 unspecified atom stereocenters. The van der Waals surface area contributed by atoms with Crippen LogP contribution in [0.4, 0.5) is 0 Å². The summed E-state index contributed by atoms with van der Waals surface area (Å²) in [6, 6.07) is 8.02. The second-order valence-corrected chi connectivity index (χ2v) is 7.55. The molecule has 1 aliphatic rings. The number of rotatable bonds is 5. The molecule has 1 aromatic carbocycles. The lowest BCUT2D eigenvalue weighted by molar-refractivity contribution is 0.0927. The molecule has 2 aromatic rings. The Labute approximate surface area is 153 Å². The molecule has 1 aromatic heterocycles. The summed E-state index contributed by atoms with van der Waals surface area (Å²) in [5.74, 6) is 1.80. The summed E-state index contributed by atoms with van der Waals surface area (Å²) in [4.78, 5) is 17.9. The molecule has 1 saturated carbocycles. The summed E-state index contributed by atoms with van der Waals surface area (Å²) in [6.45, 7) is 1.80. The fourth-order valence-corrected chi connectivity index (χ4v) is 4.07. The standard InChI is InChI=1S/C19H25N3O2S/c1-14-20-18(24-22-14)13-25-17-12-8-7-11-16(17)19(23)21-15-9-5-3-2-4-6-10-15/h7-8,11-12,15H,2-6,9-10,13H2,1H3,(H,21,23). The number of amides is 1. The molecule has 1 aliphatic carbocycles. The Bertz CT molecular complexity index is 693. The Morgan fingerprint density at radius 3 is 2.64 bits per heavy atom. The van der Waals surface area contributed by atoms with E-state index in [1.54, 1.807) is 18.7 Å². The van der Waals surface area contributed by atoms with E-state index in [-0.39, 0.29) is 5.91 Å². The number of aromatic nitrogens is 2. The van der Waals surface area contributed by atoms with Crippen LogP contribution in [0.1, 0.15) is 67.0 Å². The van der Waals surface area contributed by atoms with E-state index in [0.29, 0.717) is 23.5 Å². The average Bonchev–Trinajstić information content (AvgIpc) is 3.01. The molecule has 3 rings (SSSR count). The van der Waals surface area contributed by atoms with Gasteiger partial charge >= 0.3 is 0 Å². The third-order valence-electron chi connectivity index (χ3n) is 4.49. The van der Waals surface area contributed by atoms with Crippen molar-refractivity contribution < 1.29 is 9.32 Å².